The lowest BCUT2D eigenvalue weighted by atomic mass is 10.1. The quantitative estimate of drug-likeness (QED) is 0.739. The molecule has 0 atom stereocenters. The smallest absolute Gasteiger partial charge is 0.151 e. The average Bonchev–Trinajstić information content (AvgIpc) is 2.54. The summed E-state index contributed by atoms with van der Waals surface area (Å²) < 4.78 is 6.00. The molecular formula is C20H19NO. The van der Waals surface area contributed by atoms with Crippen LogP contribution in [0.5, 0.6) is 5.75 Å². The van der Waals surface area contributed by atoms with Crippen molar-refractivity contribution in [3.63, 3.8) is 0 Å². The van der Waals surface area contributed by atoms with Crippen molar-refractivity contribution >= 4 is 11.4 Å². The minimum Gasteiger partial charge on any atom is -0.453 e. The number of ether oxygens (including phenoxy) is 1. The summed E-state index contributed by atoms with van der Waals surface area (Å²) in [6, 6.07) is 16.5. The van der Waals surface area contributed by atoms with Gasteiger partial charge < -0.3 is 9.64 Å². The highest BCUT2D eigenvalue weighted by Crippen LogP contribution is 2.42. The van der Waals surface area contributed by atoms with Gasteiger partial charge in [-0.25, -0.2) is 0 Å². The maximum atomic E-state index is 6.00. The zero-order chi connectivity index (χ0) is 15.5. The van der Waals surface area contributed by atoms with Gasteiger partial charge in [0, 0.05) is 5.69 Å². The topological polar surface area (TPSA) is 12.5 Å². The van der Waals surface area contributed by atoms with E-state index < -0.39 is 0 Å². The third-order valence-electron chi connectivity index (χ3n) is 3.59. The van der Waals surface area contributed by atoms with E-state index >= 15 is 0 Å². The van der Waals surface area contributed by atoms with Crippen LogP contribution in [-0.2, 0) is 0 Å². The Hall–Kier alpha value is -2.74. The van der Waals surface area contributed by atoms with Crippen molar-refractivity contribution < 1.29 is 4.74 Å². The van der Waals surface area contributed by atoms with E-state index in [0.717, 1.165) is 28.6 Å². The normalized spacial score (nSPS) is 14.0. The molecular weight excluding hydrogens is 270 g/mol. The van der Waals surface area contributed by atoms with E-state index in [-0.39, 0.29) is 0 Å². The van der Waals surface area contributed by atoms with E-state index in [9.17, 15) is 0 Å². The summed E-state index contributed by atoms with van der Waals surface area (Å²) in [6.07, 6.45) is 5.82. The van der Waals surface area contributed by atoms with Crippen molar-refractivity contribution in [3.05, 3.63) is 90.4 Å². The van der Waals surface area contributed by atoms with Gasteiger partial charge in [0.1, 0.15) is 0 Å². The Balaban J connectivity index is 2.25. The maximum absolute atomic E-state index is 6.00. The zero-order valence-electron chi connectivity index (χ0n) is 12.9. The Bertz CT molecular complexity index is 771. The SMILES string of the molecule is C=CC1=C(/C=C\C)N(c2cccc(C)c2)c2ccccc2O1. The zero-order valence-corrected chi connectivity index (χ0v) is 12.9. The highest BCUT2D eigenvalue weighted by Gasteiger charge is 2.25. The molecule has 1 aliphatic rings. The minimum atomic E-state index is 0.762. The number of nitrogens with zero attached hydrogens (tertiary/aromatic N) is 1. The van der Waals surface area contributed by atoms with Crippen LogP contribution in [0.25, 0.3) is 0 Å². The Morgan fingerprint density at radius 3 is 2.64 bits per heavy atom. The fraction of sp³-hybridized carbons (Fsp3) is 0.100. The summed E-state index contributed by atoms with van der Waals surface area (Å²) in [4.78, 5) is 2.21. The fourth-order valence-corrected chi connectivity index (χ4v) is 2.64. The van der Waals surface area contributed by atoms with Gasteiger partial charge in [-0.15, -0.1) is 0 Å². The van der Waals surface area contributed by atoms with Gasteiger partial charge in [0.05, 0.1) is 11.4 Å². The molecule has 1 aliphatic heterocycles. The van der Waals surface area contributed by atoms with Crippen LogP contribution < -0.4 is 9.64 Å². The fourth-order valence-electron chi connectivity index (χ4n) is 2.64. The lowest BCUT2D eigenvalue weighted by molar-refractivity contribution is 0.431. The molecule has 0 bridgehead atoms. The predicted molar refractivity (Wildman–Crippen MR) is 92.4 cm³/mol. The van der Waals surface area contributed by atoms with Crippen molar-refractivity contribution in [3.8, 4) is 5.75 Å². The third kappa shape index (κ3) is 2.44. The summed E-state index contributed by atoms with van der Waals surface area (Å²) in [5.41, 5.74) is 4.36. The first-order valence-electron chi connectivity index (χ1n) is 7.37. The molecule has 2 aromatic rings. The first-order valence-corrected chi connectivity index (χ1v) is 7.37. The molecule has 0 fully saturated rings. The van der Waals surface area contributed by atoms with Gasteiger partial charge in [0.25, 0.3) is 0 Å². The van der Waals surface area contributed by atoms with Crippen LogP contribution in [0.15, 0.2) is 84.8 Å². The molecule has 0 N–H and O–H groups in total. The Morgan fingerprint density at radius 2 is 1.91 bits per heavy atom. The summed E-state index contributed by atoms with van der Waals surface area (Å²) >= 11 is 0. The molecule has 2 aromatic carbocycles. The second kappa shape index (κ2) is 5.94. The second-order valence-electron chi connectivity index (χ2n) is 5.20. The molecule has 0 saturated carbocycles. The van der Waals surface area contributed by atoms with E-state index in [1.807, 2.05) is 31.2 Å². The van der Waals surface area contributed by atoms with Crippen LogP contribution in [-0.4, -0.2) is 0 Å². The summed E-state index contributed by atoms with van der Waals surface area (Å²) in [5.74, 6) is 1.60. The van der Waals surface area contributed by atoms with E-state index in [0.29, 0.717) is 0 Å². The van der Waals surface area contributed by atoms with Gasteiger partial charge in [-0.3, -0.25) is 0 Å². The minimum absolute atomic E-state index is 0.762. The molecule has 0 amide bonds. The van der Waals surface area contributed by atoms with E-state index in [1.165, 1.54) is 5.56 Å². The van der Waals surface area contributed by atoms with Gasteiger partial charge in [-0.1, -0.05) is 36.9 Å². The molecule has 0 aromatic heterocycles. The number of hydrogen-bond donors (Lipinski definition) is 0. The molecule has 0 spiro atoms. The molecule has 22 heavy (non-hydrogen) atoms. The third-order valence-corrected chi connectivity index (χ3v) is 3.59. The van der Waals surface area contributed by atoms with Crippen molar-refractivity contribution in [2.75, 3.05) is 4.90 Å². The molecule has 2 heteroatoms. The Kier molecular flexibility index (Phi) is 3.84. The molecule has 110 valence electrons. The van der Waals surface area contributed by atoms with Crippen LogP contribution in [0.1, 0.15) is 12.5 Å². The van der Waals surface area contributed by atoms with Gasteiger partial charge in [-0.05, 0) is 55.8 Å². The van der Waals surface area contributed by atoms with Crippen molar-refractivity contribution in [1.82, 2.24) is 0 Å². The maximum Gasteiger partial charge on any atom is 0.151 e. The number of fused-ring (bicyclic) bond motifs is 1. The number of allylic oxidation sites excluding steroid dienone is 3. The molecule has 0 unspecified atom stereocenters. The predicted octanol–water partition coefficient (Wildman–Crippen LogP) is 5.50. The molecule has 1 heterocycles. The molecule has 0 saturated heterocycles. The van der Waals surface area contributed by atoms with Crippen LogP contribution in [0, 0.1) is 6.92 Å². The second-order valence-corrected chi connectivity index (χ2v) is 5.20. The number of hydrogen-bond acceptors (Lipinski definition) is 2. The number of aryl methyl sites for hydroxylation is 1. The molecule has 3 rings (SSSR count). The largest absolute Gasteiger partial charge is 0.453 e. The average molecular weight is 289 g/mol. The molecule has 0 radical (unpaired) electrons. The summed E-state index contributed by atoms with van der Waals surface area (Å²) in [6.45, 7) is 8.00. The van der Waals surface area contributed by atoms with Crippen LogP contribution in [0.3, 0.4) is 0 Å². The summed E-state index contributed by atoms with van der Waals surface area (Å²) in [7, 11) is 0. The van der Waals surface area contributed by atoms with Gasteiger partial charge in [0.15, 0.2) is 11.5 Å². The van der Waals surface area contributed by atoms with Crippen molar-refractivity contribution in [2.24, 2.45) is 0 Å². The van der Waals surface area contributed by atoms with Gasteiger partial charge in [0.2, 0.25) is 0 Å². The van der Waals surface area contributed by atoms with E-state index in [1.54, 1.807) is 6.08 Å². The van der Waals surface area contributed by atoms with Crippen LogP contribution in [0.2, 0.25) is 0 Å². The number of benzene rings is 2. The first kappa shape index (κ1) is 14.2. The number of anilines is 2. The van der Waals surface area contributed by atoms with Crippen molar-refractivity contribution in [1.29, 1.82) is 0 Å². The Labute approximate surface area is 131 Å². The number of rotatable bonds is 3. The van der Waals surface area contributed by atoms with Crippen molar-refractivity contribution in [2.45, 2.75) is 13.8 Å². The van der Waals surface area contributed by atoms with Gasteiger partial charge >= 0.3 is 0 Å². The highest BCUT2D eigenvalue weighted by atomic mass is 16.5. The Morgan fingerprint density at radius 1 is 1.09 bits per heavy atom. The highest BCUT2D eigenvalue weighted by molar-refractivity contribution is 5.77. The lowest BCUT2D eigenvalue weighted by Crippen LogP contribution is -2.23. The van der Waals surface area contributed by atoms with E-state index in [2.05, 4.69) is 54.8 Å². The standard InChI is InChI=1S/C20H19NO/c1-4-9-17-19(5-2)22-20-13-7-6-12-18(20)21(17)16-11-8-10-15(3)14-16/h4-14H,2H2,1,3H3/b9-4-. The molecule has 2 nitrogen and oxygen atoms in total. The molecule has 0 aliphatic carbocycles. The van der Waals surface area contributed by atoms with Gasteiger partial charge in [-0.2, -0.15) is 0 Å². The monoisotopic (exact) mass is 289 g/mol. The first-order chi connectivity index (χ1) is 10.7. The van der Waals surface area contributed by atoms with E-state index in [4.69, 9.17) is 4.74 Å². The number of para-hydroxylation sites is 2. The lowest BCUT2D eigenvalue weighted by Gasteiger charge is -2.33. The van der Waals surface area contributed by atoms with Crippen LogP contribution in [0.4, 0.5) is 11.4 Å². The summed E-state index contributed by atoms with van der Waals surface area (Å²) in [5, 5.41) is 0. The van der Waals surface area contributed by atoms with Crippen LogP contribution >= 0.6 is 0 Å².